The molecule has 6 heteroatoms. The fourth-order valence-electron chi connectivity index (χ4n) is 0.979. The number of carbonyl (C=O) groups excluding carboxylic acids is 1. The van der Waals surface area contributed by atoms with E-state index in [-0.39, 0.29) is 10.6 Å². The van der Waals surface area contributed by atoms with Crippen LogP contribution in [0, 0.1) is 0 Å². The van der Waals surface area contributed by atoms with Crippen molar-refractivity contribution in [1.82, 2.24) is 5.32 Å². The minimum Gasteiger partial charge on any atom is -0.480 e. The molecule has 1 rings (SSSR count). The molecule has 1 amide bonds. The summed E-state index contributed by atoms with van der Waals surface area (Å²) in [4.78, 5) is 22.1. The molecule has 1 aromatic rings. The molecule has 0 radical (unpaired) electrons. The predicted octanol–water partition coefficient (Wildman–Crippen LogP) is 2.20. The molecule has 0 heterocycles. The standard InChI is InChI=1S/C10H9Cl2NO3/c1-5(10(15)16)13-9(14)6-2-3-7(11)8(12)4-6/h2-5H,1H3,(H,13,14)(H,15,16)/t5-/m0/s1. The van der Waals surface area contributed by atoms with Gasteiger partial charge in [-0.1, -0.05) is 23.2 Å². The van der Waals surface area contributed by atoms with E-state index in [1.54, 1.807) is 0 Å². The van der Waals surface area contributed by atoms with Crippen LogP contribution >= 0.6 is 23.2 Å². The summed E-state index contributed by atoms with van der Waals surface area (Å²) in [5, 5.41) is 11.5. The van der Waals surface area contributed by atoms with E-state index in [0.29, 0.717) is 5.02 Å². The normalized spacial score (nSPS) is 11.9. The highest BCUT2D eigenvalue weighted by molar-refractivity contribution is 6.42. The van der Waals surface area contributed by atoms with Crippen molar-refractivity contribution in [3.63, 3.8) is 0 Å². The van der Waals surface area contributed by atoms with Crippen molar-refractivity contribution in [2.24, 2.45) is 0 Å². The molecular formula is C10H9Cl2NO3. The van der Waals surface area contributed by atoms with Crippen molar-refractivity contribution >= 4 is 35.1 Å². The van der Waals surface area contributed by atoms with Crippen molar-refractivity contribution in [3.8, 4) is 0 Å². The Morgan fingerprint density at radius 3 is 2.44 bits per heavy atom. The van der Waals surface area contributed by atoms with Crippen LogP contribution in [0.25, 0.3) is 0 Å². The second-order valence-electron chi connectivity index (χ2n) is 3.16. The smallest absolute Gasteiger partial charge is 0.325 e. The van der Waals surface area contributed by atoms with Crippen LogP contribution in [0.15, 0.2) is 18.2 Å². The lowest BCUT2D eigenvalue weighted by Gasteiger charge is -2.09. The van der Waals surface area contributed by atoms with Gasteiger partial charge in [0, 0.05) is 5.56 Å². The highest BCUT2D eigenvalue weighted by Crippen LogP contribution is 2.22. The maximum absolute atomic E-state index is 11.5. The average Bonchev–Trinajstić information content (AvgIpc) is 2.21. The molecule has 1 aromatic carbocycles. The molecule has 0 unspecified atom stereocenters. The third-order valence-electron chi connectivity index (χ3n) is 1.90. The van der Waals surface area contributed by atoms with Crippen LogP contribution < -0.4 is 5.32 Å². The number of hydrogen-bond acceptors (Lipinski definition) is 2. The molecule has 0 bridgehead atoms. The Morgan fingerprint density at radius 1 is 1.31 bits per heavy atom. The maximum atomic E-state index is 11.5. The molecule has 4 nitrogen and oxygen atoms in total. The molecule has 0 fully saturated rings. The van der Waals surface area contributed by atoms with Crippen LogP contribution in [-0.4, -0.2) is 23.0 Å². The van der Waals surface area contributed by atoms with E-state index in [9.17, 15) is 9.59 Å². The molecule has 0 saturated heterocycles. The number of amides is 1. The first-order valence-corrected chi connectivity index (χ1v) is 5.16. The summed E-state index contributed by atoms with van der Waals surface area (Å²) in [6.07, 6.45) is 0. The van der Waals surface area contributed by atoms with E-state index in [1.165, 1.54) is 25.1 Å². The number of nitrogens with one attached hydrogen (secondary N) is 1. The summed E-state index contributed by atoms with van der Waals surface area (Å²) >= 11 is 11.4. The first kappa shape index (κ1) is 12.8. The van der Waals surface area contributed by atoms with Gasteiger partial charge in [-0.05, 0) is 25.1 Å². The minimum atomic E-state index is -1.10. The van der Waals surface area contributed by atoms with Gasteiger partial charge in [0.25, 0.3) is 5.91 Å². The number of benzene rings is 1. The molecule has 0 aliphatic heterocycles. The zero-order chi connectivity index (χ0) is 12.3. The molecule has 0 aliphatic carbocycles. The first-order chi connectivity index (χ1) is 7.41. The molecule has 0 spiro atoms. The molecule has 1 atom stereocenters. The van der Waals surface area contributed by atoms with Crippen molar-refractivity contribution < 1.29 is 14.7 Å². The summed E-state index contributed by atoms with van der Waals surface area (Å²) in [5.41, 5.74) is 0.266. The molecular weight excluding hydrogens is 253 g/mol. The second-order valence-corrected chi connectivity index (χ2v) is 3.98. The van der Waals surface area contributed by atoms with Crippen molar-refractivity contribution in [3.05, 3.63) is 33.8 Å². The third kappa shape index (κ3) is 3.12. The summed E-state index contributed by atoms with van der Waals surface area (Å²) in [6.45, 7) is 1.37. The van der Waals surface area contributed by atoms with E-state index < -0.39 is 17.9 Å². The fourth-order valence-corrected chi connectivity index (χ4v) is 1.28. The Hall–Kier alpha value is -1.26. The van der Waals surface area contributed by atoms with Crippen LogP contribution in [-0.2, 0) is 4.79 Å². The summed E-state index contributed by atoms with van der Waals surface area (Å²) in [6, 6.07) is 3.37. The monoisotopic (exact) mass is 261 g/mol. The summed E-state index contributed by atoms with van der Waals surface area (Å²) in [7, 11) is 0. The van der Waals surface area contributed by atoms with Gasteiger partial charge in [0.15, 0.2) is 0 Å². The largest absolute Gasteiger partial charge is 0.480 e. The van der Waals surface area contributed by atoms with Gasteiger partial charge in [-0.25, -0.2) is 0 Å². The number of carbonyl (C=O) groups is 2. The van der Waals surface area contributed by atoms with Crippen LogP contribution in [0.2, 0.25) is 10.0 Å². The number of carboxylic acids is 1. The molecule has 0 saturated carbocycles. The zero-order valence-corrected chi connectivity index (χ0v) is 9.84. The van der Waals surface area contributed by atoms with E-state index >= 15 is 0 Å². The highest BCUT2D eigenvalue weighted by atomic mass is 35.5. The second kappa shape index (κ2) is 5.18. The van der Waals surface area contributed by atoms with Crippen LogP contribution in [0.5, 0.6) is 0 Å². The Kier molecular flexibility index (Phi) is 4.15. The fraction of sp³-hybridized carbons (Fsp3) is 0.200. The SMILES string of the molecule is C[C@H](NC(=O)c1ccc(Cl)c(Cl)c1)C(=O)O. The van der Waals surface area contributed by atoms with Gasteiger partial charge in [0.2, 0.25) is 0 Å². The number of rotatable bonds is 3. The number of halogens is 2. The van der Waals surface area contributed by atoms with Gasteiger partial charge in [-0.2, -0.15) is 0 Å². The Labute approximate surface area is 102 Å². The van der Waals surface area contributed by atoms with Crippen LogP contribution in [0.3, 0.4) is 0 Å². The van der Waals surface area contributed by atoms with Crippen molar-refractivity contribution in [1.29, 1.82) is 0 Å². The Morgan fingerprint density at radius 2 is 1.94 bits per heavy atom. The van der Waals surface area contributed by atoms with Gasteiger partial charge >= 0.3 is 5.97 Å². The van der Waals surface area contributed by atoms with Gasteiger partial charge in [-0.15, -0.1) is 0 Å². The van der Waals surface area contributed by atoms with Crippen LogP contribution in [0.1, 0.15) is 17.3 Å². The number of aliphatic carboxylic acids is 1. The van der Waals surface area contributed by atoms with Crippen molar-refractivity contribution in [2.75, 3.05) is 0 Å². The highest BCUT2D eigenvalue weighted by Gasteiger charge is 2.15. The molecule has 0 aromatic heterocycles. The first-order valence-electron chi connectivity index (χ1n) is 4.40. The van der Waals surface area contributed by atoms with Gasteiger partial charge in [-0.3, -0.25) is 9.59 Å². The quantitative estimate of drug-likeness (QED) is 0.877. The van der Waals surface area contributed by atoms with Crippen LogP contribution in [0.4, 0.5) is 0 Å². The zero-order valence-electron chi connectivity index (χ0n) is 8.33. The van der Waals surface area contributed by atoms with Gasteiger partial charge < -0.3 is 10.4 Å². The third-order valence-corrected chi connectivity index (χ3v) is 2.64. The van der Waals surface area contributed by atoms with Gasteiger partial charge in [0.05, 0.1) is 10.0 Å². The maximum Gasteiger partial charge on any atom is 0.325 e. The summed E-state index contributed by atoms with van der Waals surface area (Å²) < 4.78 is 0. The lowest BCUT2D eigenvalue weighted by molar-refractivity contribution is -0.138. The topological polar surface area (TPSA) is 66.4 Å². The summed E-state index contributed by atoms with van der Waals surface area (Å²) in [5.74, 6) is -1.61. The molecule has 0 aliphatic rings. The van der Waals surface area contributed by atoms with E-state index in [0.717, 1.165) is 0 Å². The predicted molar refractivity (Wildman–Crippen MR) is 61.0 cm³/mol. The Balaban J connectivity index is 2.81. The van der Waals surface area contributed by atoms with Gasteiger partial charge in [0.1, 0.15) is 6.04 Å². The molecule has 16 heavy (non-hydrogen) atoms. The van der Waals surface area contributed by atoms with Crippen molar-refractivity contribution in [2.45, 2.75) is 13.0 Å². The van der Waals surface area contributed by atoms with E-state index in [2.05, 4.69) is 5.32 Å². The lowest BCUT2D eigenvalue weighted by Crippen LogP contribution is -2.38. The molecule has 2 N–H and O–H groups in total. The molecule has 86 valence electrons. The number of carboxylic acid groups (broad SMARTS) is 1. The number of hydrogen-bond donors (Lipinski definition) is 2. The van der Waals surface area contributed by atoms with E-state index in [4.69, 9.17) is 28.3 Å². The lowest BCUT2D eigenvalue weighted by atomic mass is 10.2. The Bertz CT molecular complexity index is 434. The van der Waals surface area contributed by atoms with E-state index in [1.807, 2.05) is 0 Å². The minimum absolute atomic E-state index is 0.247. The average molecular weight is 262 g/mol.